The van der Waals surface area contributed by atoms with E-state index in [0.29, 0.717) is 46.7 Å². The van der Waals surface area contributed by atoms with E-state index < -0.39 is 5.97 Å². The number of esters is 1. The summed E-state index contributed by atoms with van der Waals surface area (Å²) in [5, 5.41) is 5.23. The number of hydrogen-bond acceptors (Lipinski definition) is 6. The third-order valence-corrected chi connectivity index (χ3v) is 6.66. The molecule has 1 aliphatic carbocycles. The van der Waals surface area contributed by atoms with E-state index in [1.807, 2.05) is 37.3 Å². The molecule has 1 aliphatic rings. The van der Waals surface area contributed by atoms with Crippen molar-refractivity contribution in [1.29, 1.82) is 0 Å². The third-order valence-electron chi connectivity index (χ3n) is 5.97. The maximum Gasteiger partial charge on any atom is 0.380 e. The molecule has 0 radical (unpaired) electrons. The number of halogens is 1. The van der Waals surface area contributed by atoms with Crippen molar-refractivity contribution in [1.82, 2.24) is 10.4 Å². The minimum atomic E-state index is -0.602. The maximum atomic E-state index is 13.1. The van der Waals surface area contributed by atoms with Crippen molar-refractivity contribution in [3.05, 3.63) is 93.0 Å². The normalized spacial score (nSPS) is 14.1. The first-order valence-electron chi connectivity index (χ1n) is 11.2. The molecule has 2 aromatic heterocycles. The molecule has 5 rings (SSSR count). The Hall–Kier alpha value is -3.78. The van der Waals surface area contributed by atoms with Crippen molar-refractivity contribution in [3.8, 4) is 5.75 Å². The van der Waals surface area contributed by atoms with Crippen LogP contribution in [-0.4, -0.2) is 22.6 Å². The number of amides is 1. The molecule has 4 aromatic rings. The van der Waals surface area contributed by atoms with Gasteiger partial charge in [0.15, 0.2) is 5.75 Å². The fourth-order valence-corrected chi connectivity index (χ4v) is 4.74. The zero-order valence-electron chi connectivity index (χ0n) is 19.2. The quantitative estimate of drug-likeness (QED) is 0.201. The molecule has 0 bridgehead atoms. The molecule has 1 amide bonds. The van der Waals surface area contributed by atoms with E-state index in [1.165, 1.54) is 0 Å². The van der Waals surface area contributed by atoms with Gasteiger partial charge in [-0.1, -0.05) is 39.7 Å². The summed E-state index contributed by atoms with van der Waals surface area (Å²) in [4.78, 5) is 30.0. The Morgan fingerprint density at radius 3 is 2.80 bits per heavy atom. The fourth-order valence-electron chi connectivity index (χ4n) is 4.28. The van der Waals surface area contributed by atoms with Crippen molar-refractivity contribution in [3.63, 3.8) is 0 Å². The van der Waals surface area contributed by atoms with Crippen LogP contribution in [0.1, 0.15) is 56.2 Å². The number of benzene rings is 2. The smallest absolute Gasteiger partial charge is 0.380 e. The van der Waals surface area contributed by atoms with Gasteiger partial charge < -0.3 is 9.15 Å². The number of ether oxygens (including phenoxy) is 1. The number of pyridine rings is 1. The van der Waals surface area contributed by atoms with Crippen molar-refractivity contribution in [2.75, 3.05) is 0 Å². The molecule has 1 N–H and O–H groups in total. The highest BCUT2D eigenvalue weighted by atomic mass is 79.9. The molecule has 0 atom stereocenters. The summed E-state index contributed by atoms with van der Waals surface area (Å²) in [5.74, 6) is 0.254. The molecular formula is C27H22BrN3O4. The minimum absolute atomic E-state index is 0.126. The van der Waals surface area contributed by atoms with Gasteiger partial charge >= 0.3 is 5.97 Å². The summed E-state index contributed by atoms with van der Waals surface area (Å²) in [6, 6.07) is 14.5. The first kappa shape index (κ1) is 23.0. The average Bonchev–Trinajstić information content (AvgIpc) is 3.21. The van der Waals surface area contributed by atoms with Gasteiger partial charge in [-0.05, 0) is 57.0 Å². The second kappa shape index (κ2) is 9.46. The van der Waals surface area contributed by atoms with Gasteiger partial charge in [-0.15, -0.1) is 0 Å². The molecule has 176 valence electrons. The zero-order valence-corrected chi connectivity index (χ0v) is 20.8. The Kier molecular flexibility index (Phi) is 6.21. The van der Waals surface area contributed by atoms with Crippen LogP contribution in [0, 0.1) is 13.8 Å². The Balaban J connectivity index is 1.42. The molecule has 0 spiro atoms. The molecule has 0 aliphatic heterocycles. The first-order chi connectivity index (χ1) is 16.9. The van der Waals surface area contributed by atoms with E-state index in [1.54, 1.807) is 31.3 Å². The summed E-state index contributed by atoms with van der Waals surface area (Å²) >= 11 is 3.50. The standard InChI is InChI=1S/C27H22BrN3O4/c1-15-6-3-7-17(14-15)26(32)31-30-20-9-4-10-21-23(20)16(2)25(34-21)27(33)35-22-12-11-19(28)18-8-5-13-29-24(18)22/h3,5-8,11-14H,4,9-10H2,1-2H3,(H,31,32)/b30-20+. The molecule has 2 heterocycles. The molecule has 0 saturated carbocycles. The molecule has 2 aromatic carbocycles. The largest absolute Gasteiger partial charge is 0.453 e. The lowest BCUT2D eigenvalue weighted by molar-refractivity contribution is 0.0700. The molecular weight excluding hydrogens is 510 g/mol. The van der Waals surface area contributed by atoms with E-state index in [0.717, 1.165) is 27.4 Å². The van der Waals surface area contributed by atoms with Crippen LogP contribution in [0.25, 0.3) is 10.9 Å². The number of fused-ring (bicyclic) bond motifs is 2. The van der Waals surface area contributed by atoms with Crippen molar-refractivity contribution in [2.24, 2.45) is 5.10 Å². The number of nitrogens with one attached hydrogen (secondary N) is 1. The summed E-state index contributed by atoms with van der Waals surface area (Å²) in [7, 11) is 0. The summed E-state index contributed by atoms with van der Waals surface area (Å²) in [6.45, 7) is 3.73. The highest BCUT2D eigenvalue weighted by Gasteiger charge is 2.29. The van der Waals surface area contributed by atoms with Gasteiger partial charge in [-0.3, -0.25) is 9.78 Å². The molecule has 8 heteroatoms. The van der Waals surface area contributed by atoms with Crippen LogP contribution >= 0.6 is 15.9 Å². The number of rotatable bonds is 4. The summed E-state index contributed by atoms with van der Waals surface area (Å²) in [5.41, 5.74) is 6.83. The van der Waals surface area contributed by atoms with Crippen LogP contribution in [0.4, 0.5) is 0 Å². The van der Waals surface area contributed by atoms with Crippen molar-refractivity contribution < 1.29 is 18.7 Å². The van der Waals surface area contributed by atoms with Crippen LogP contribution in [0.15, 0.2) is 68.7 Å². The van der Waals surface area contributed by atoms with E-state index in [2.05, 4.69) is 31.4 Å². The van der Waals surface area contributed by atoms with Gasteiger partial charge in [0.1, 0.15) is 11.3 Å². The van der Waals surface area contributed by atoms with E-state index in [4.69, 9.17) is 9.15 Å². The summed E-state index contributed by atoms with van der Waals surface area (Å²) in [6.07, 6.45) is 3.79. The number of aromatic nitrogens is 1. The van der Waals surface area contributed by atoms with E-state index in [-0.39, 0.29) is 11.7 Å². The van der Waals surface area contributed by atoms with Gasteiger partial charge in [0, 0.05) is 39.2 Å². The number of furan rings is 1. The van der Waals surface area contributed by atoms with Crippen molar-refractivity contribution in [2.45, 2.75) is 33.1 Å². The topological polar surface area (TPSA) is 93.8 Å². The Morgan fingerprint density at radius 2 is 1.97 bits per heavy atom. The second-order valence-corrected chi connectivity index (χ2v) is 9.27. The van der Waals surface area contributed by atoms with Crippen LogP contribution < -0.4 is 10.2 Å². The van der Waals surface area contributed by atoms with E-state index in [9.17, 15) is 9.59 Å². The lowest BCUT2D eigenvalue weighted by Gasteiger charge is -2.13. The minimum Gasteiger partial charge on any atom is -0.453 e. The lowest BCUT2D eigenvalue weighted by Crippen LogP contribution is -2.22. The van der Waals surface area contributed by atoms with Crippen LogP contribution in [0.2, 0.25) is 0 Å². The van der Waals surface area contributed by atoms with Gasteiger partial charge in [0.2, 0.25) is 5.76 Å². The maximum absolute atomic E-state index is 13.1. The van der Waals surface area contributed by atoms with Crippen molar-refractivity contribution >= 4 is 44.4 Å². The SMILES string of the molecule is Cc1cccc(C(=O)N/N=C2\CCCc3oc(C(=O)Oc4ccc(Br)c5cccnc45)c(C)c32)c1. The predicted octanol–water partition coefficient (Wildman–Crippen LogP) is 5.90. The van der Waals surface area contributed by atoms with Crippen LogP contribution in [0.5, 0.6) is 5.75 Å². The number of carbonyl (C=O) groups is 2. The predicted molar refractivity (Wildman–Crippen MR) is 136 cm³/mol. The lowest BCUT2D eigenvalue weighted by atomic mass is 9.93. The molecule has 35 heavy (non-hydrogen) atoms. The Morgan fingerprint density at radius 1 is 1.11 bits per heavy atom. The molecule has 0 saturated heterocycles. The van der Waals surface area contributed by atoms with Gasteiger partial charge in [-0.25, -0.2) is 10.2 Å². The fraction of sp³-hybridized carbons (Fsp3) is 0.185. The van der Waals surface area contributed by atoms with Crippen LogP contribution in [0.3, 0.4) is 0 Å². The Labute approximate surface area is 210 Å². The zero-order chi connectivity index (χ0) is 24.5. The summed E-state index contributed by atoms with van der Waals surface area (Å²) < 4.78 is 12.5. The molecule has 0 fully saturated rings. The van der Waals surface area contributed by atoms with Gasteiger partial charge in [-0.2, -0.15) is 5.10 Å². The molecule has 0 unspecified atom stereocenters. The molecule has 7 nitrogen and oxygen atoms in total. The van der Waals surface area contributed by atoms with Crippen LogP contribution in [-0.2, 0) is 6.42 Å². The van der Waals surface area contributed by atoms with E-state index >= 15 is 0 Å². The number of nitrogens with zero attached hydrogens (tertiary/aromatic N) is 2. The first-order valence-corrected chi connectivity index (χ1v) is 12.0. The third kappa shape index (κ3) is 4.49. The Bertz CT molecular complexity index is 1510. The van der Waals surface area contributed by atoms with Gasteiger partial charge in [0.05, 0.1) is 5.71 Å². The number of carbonyl (C=O) groups excluding carboxylic acids is 2. The number of aryl methyl sites for hydroxylation is 2. The number of hydrazone groups is 1. The number of hydrogen-bond donors (Lipinski definition) is 1. The van der Waals surface area contributed by atoms with Gasteiger partial charge in [0.25, 0.3) is 5.91 Å². The monoisotopic (exact) mass is 531 g/mol. The average molecular weight is 532 g/mol. The second-order valence-electron chi connectivity index (χ2n) is 8.41. The highest BCUT2D eigenvalue weighted by Crippen LogP contribution is 2.33. The highest BCUT2D eigenvalue weighted by molar-refractivity contribution is 9.10.